The first-order valence-corrected chi connectivity index (χ1v) is 6.76. The minimum absolute atomic E-state index is 0.0978. The van der Waals surface area contributed by atoms with Gasteiger partial charge in [-0.25, -0.2) is 0 Å². The van der Waals surface area contributed by atoms with E-state index in [0.717, 1.165) is 12.8 Å². The lowest BCUT2D eigenvalue weighted by Gasteiger charge is -2.06. The Labute approximate surface area is 115 Å². The molecule has 3 heteroatoms. The second kappa shape index (κ2) is 9.18. The average molecular weight is 259 g/mol. The van der Waals surface area contributed by atoms with Crippen LogP contribution in [0.5, 0.6) is 0 Å². The van der Waals surface area contributed by atoms with Crippen molar-refractivity contribution < 1.29 is 9.90 Å². The van der Waals surface area contributed by atoms with Crippen molar-refractivity contribution in [3.63, 3.8) is 0 Å². The van der Waals surface area contributed by atoms with Gasteiger partial charge in [-0.1, -0.05) is 50.2 Å². The van der Waals surface area contributed by atoms with Crippen LogP contribution in [0.3, 0.4) is 0 Å². The average Bonchev–Trinajstić information content (AvgIpc) is 2.45. The molecular formula is C16H21NO2. The van der Waals surface area contributed by atoms with Gasteiger partial charge in [-0.15, -0.1) is 0 Å². The van der Waals surface area contributed by atoms with Crippen LogP contribution in [0.2, 0.25) is 0 Å². The Morgan fingerprint density at radius 3 is 2.79 bits per heavy atom. The summed E-state index contributed by atoms with van der Waals surface area (Å²) < 4.78 is 0. The van der Waals surface area contributed by atoms with Crippen molar-refractivity contribution in [3.8, 4) is 11.8 Å². The molecule has 0 aromatic heterocycles. The lowest BCUT2D eigenvalue weighted by molar-refractivity contribution is 0.0952. The standard InChI is InChI=1S/C16H21NO2/c1-2-3-4-7-12-17-16(19)15-11-6-5-9-14(15)10-8-13-18/h5-6,9,11,18H,2-4,7,12-13H2,1H3,(H,17,19). The third kappa shape index (κ3) is 5.58. The normalized spacial score (nSPS) is 9.58. The molecular weight excluding hydrogens is 238 g/mol. The summed E-state index contributed by atoms with van der Waals surface area (Å²) >= 11 is 0. The Morgan fingerprint density at radius 2 is 2.05 bits per heavy atom. The molecule has 1 amide bonds. The van der Waals surface area contributed by atoms with Gasteiger partial charge in [0.05, 0.1) is 5.56 Å². The Kier molecular flexibility index (Phi) is 7.38. The Morgan fingerprint density at radius 1 is 1.26 bits per heavy atom. The molecule has 0 radical (unpaired) electrons. The van der Waals surface area contributed by atoms with E-state index in [1.165, 1.54) is 12.8 Å². The SMILES string of the molecule is CCCCCCNC(=O)c1ccccc1C#CCO. The van der Waals surface area contributed by atoms with Crippen molar-refractivity contribution in [2.24, 2.45) is 0 Å². The smallest absolute Gasteiger partial charge is 0.252 e. The minimum atomic E-state index is -0.201. The molecule has 0 aliphatic heterocycles. The van der Waals surface area contributed by atoms with Crippen LogP contribution in [0.25, 0.3) is 0 Å². The van der Waals surface area contributed by atoms with E-state index in [2.05, 4.69) is 24.1 Å². The van der Waals surface area contributed by atoms with Crippen LogP contribution in [0.1, 0.15) is 48.5 Å². The summed E-state index contributed by atoms with van der Waals surface area (Å²) in [5, 5.41) is 11.6. The van der Waals surface area contributed by atoms with Crippen LogP contribution in [0, 0.1) is 11.8 Å². The minimum Gasteiger partial charge on any atom is -0.384 e. The van der Waals surface area contributed by atoms with Crippen LogP contribution in [0.15, 0.2) is 24.3 Å². The van der Waals surface area contributed by atoms with Gasteiger partial charge < -0.3 is 10.4 Å². The fraction of sp³-hybridized carbons (Fsp3) is 0.438. The van der Waals surface area contributed by atoms with Crippen molar-refractivity contribution in [1.82, 2.24) is 5.32 Å². The molecule has 2 N–H and O–H groups in total. The summed E-state index contributed by atoms with van der Waals surface area (Å²) in [7, 11) is 0. The first-order chi connectivity index (χ1) is 9.29. The van der Waals surface area contributed by atoms with Crippen LogP contribution in [0.4, 0.5) is 0 Å². The number of nitrogens with one attached hydrogen (secondary N) is 1. The van der Waals surface area contributed by atoms with Gasteiger partial charge >= 0.3 is 0 Å². The van der Waals surface area contributed by atoms with E-state index in [9.17, 15) is 4.79 Å². The number of aliphatic hydroxyl groups is 1. The highest BCUT2D eigenvalue weighted by Gasteiger charge is 2.08. The van der Waals surface area contributed by atoms with Crippen LogP contribution in [-0.4, -0.2) is 24.2 Å². The molecule has 19 heavy (non-hydrogen) atoms. The summed E-state index contributed by atoms with van der Waals surface area (Å²) in [6.07, 6.45) is 4.54. The summed E-state index contributed by atoms with van der Waals surface area (Å²) in [4.78, 5) is 12.0. The van der Waals surface area contributed by atoms with E-state index < -0.39 is 0 Å². The zero-order chi connectivity index (χ0) is 13.9. The quantitative estimate of drug-likeness (QED) is 0.608. The fourth-order valence-electron chi connectivity index (χ4n) is 1.77. The predicted octanol–water partition coefficient (Wildman–Crippen LogP) is 2.34. The molecule has 0 saturated heterocycles. The van der Waals surface area contributed by atoms with Gasteiger partial charge in [0.1, 0.15) is 6.61 Å². The lowest BCUT2D eigenvalue weighted by atomic mass is 10.1. The number of carbonyl (C=O) groups is 1. The number of amides is 1. The number of benzene rings is 1. The molecule has 0 heterocycles. The van der Waals surface area contributed by atoms with Gasteiger partial charge in [0.25, 0.3) is 5.91 Å². The van der Waals surface area contributed by atoms with Gasteiger partial charge in [-0.2, -0.15) is 0 Å². The molecule has 0 bridgehead atoms. The molecule has 1 rings (SSSR count). The second-order valence-electron chi connectivity index (χ2n) is 4.32. The third-order valence-electron chi connectivity index (χ3n) is 2.79. The Balaban J connectivity index is 2.56. The summed E-state index contributed by atoms with van der Waals surface area (Å²) in [6.45, 7) is 2.65. The van der Waals surface area contributed by atoms with E-state index in [-0.39, 0.29) is 12.5 Å². The Bertz CT molecular complexity index is 457. The first kappa shape index (κ1) is 15.3. The van der Waals surface area contributed by atoms with E-state index >= 15 is 0 Å². The summed E-state index contributed by atoms with van der Waals surface area (Å²) in [6, 6.07) is 7.19. The largest absolute Gasteiger partial charge is 0.384 e. The molecule has 0 aliphatic carbocycles. The topological polar surface area (TPSA) is 49.3 Å². The molecule has 3 nitrogen and oxygen atoms in total. The summed E-state index contributed by atoms with van der Waals surface area (Å²) in [5.74, 6) is 5.27. The lowest BCUT2D eigenvalue weighted by Crippen LogP contribution is -2.25. The van der Waals surface area contributed by atoms with Crippen molar-refractivity contribution in [2.75, 3.05) is 13.2 Å². The number of hydrogen-bond donors (Lipinski definition) is 2. The van der Waals surface area contributed by atoms with E-state index in [1.807, 2.05) is 12.1 Å². The molecule has 1 aromatic rings. The zero-order valence-corrected chi connectivity index (χ0v) is 11.4. The third-order valence-corrected chi connectivity index (χ3v) is 2.79. The highest BCUT2D eigenvalue weighted by molar-refractivity contribution is 5.96. The van der Waals surface area contributed by atoms with E-state index in [4.69, 9.17) is 5.11 Å². The number of aliphatic hydroxyl groups excluding tert-OH is 1. The molecule has 0 unspecified atom stereocenters. The monoisotopic (exact) mass is 259 g/mol. The Hall–Kier alpha value is -1.79. The second-order valence-corrected chi connectivity index (χ2v) is 4.32. The molecule has 0 atom stereocenters. The highest BCUT2D eigenvalue weighted by atomic mass is 16.2. The molecule has 1 aromatic carbocycles. The molecule has 0 fully saturated rings. The maximum atomic E-state index is 12.0. The van der Waals surface area contributed by atoms with Crippen molar-refractivity contribution in [1.29, 1.82) is 0 Å². The van der Waals surface area contributed by atoms with Crippen LogP contribution >= 0.6 is 0 Å². The van der Waals surface area contributed by atoms with Crippen molar-refractivity contribution >= 4 is 5.91 Å². The van der Waals surface area contributed by atoms with Gasteiger partial charge in [-0.3, -0.25) is 4.79 Å². The van der Waals surface area contributed by atoms with Gasteiger partial charge in [0, 0.05) is 12.1 Å². The van der Waals surface area contributed by atoms with E-state index in [0.29, 0.717) is 17.7 Å². The van der Waals surface area contributed by atoms with E-state index in [1.54, 1.807) is 12.1 Å². The van der Waals surface area contributed by atoms with Crippen molar-refractivity contribution in [3.05, 3.63) is 35.4 Å². The van der Waals surface area contributed by atoms with Gasteiger partial charge in [-0.05, 0) is 18.6 Å². The number of carbonyl (C=O) groups excluding carboxylic acids is 1. The maximum Gasteiger partial charge on any atom is 0.252 e. The predicted molar refractivity (Wildman–Crippen MR) is 76.9 cm³/mol. The van der Waals surface area contributed by atoms with Crippen LogP contribution < -0.4 is 5.32 Å². The number of rotatable bonds is 6. The summed E-state index contributed by atoms with van der Waals surface area (Å²) in [5.41, 5.74) is 1.22. The maximum absolute atomic E-state index is 12.0. The first-order valence-electron chi connectivity index (χ1n) is 6.76. The molecule has 0 aliphatic rings. The molecule has 102 valence electrons. The zero-order valence-electron chi connectivity index (χ0n) is 11.4. The van der Waals surface area contributed by atoms with Gasteiger partial charge in [0.2, 0.25) is 0 Å². The highest BCUT2D eigenvalue weighted by Crippen LogP contribution is 2.07. The van der Waals surface area contributed by atoms with Gasteiger partial charge in [0.15, 0.2) is 0 Å². The van der Waals surface area contributed by atoms with Crippen molar-refractivity contribution in [2.45, 2.75) is 32.6 Å². The fourth-order valence-corrected chi connectivity index (χ4v) is 1.77. The van der Waals surface area contributed by atoms with Crippen LogP contribution in [-0.2, 0) is 0 Å². The number of unbranched alkanes of at least 4 members (excludes halogenated alkanes) is 3. The molecule has 0 spiro atoms. The molecule has 0 saturated carbocycles. The number of hydrogen-bond acceptors (Lipinski definition) is 2.